The van der Waals surface area contributed by atoms with Gasteiger partial charge in [-0.1, -0.05) is 27.7 Å². The van der Waals surface area contributed by atoms with Crippen molar-refractivity contribution >= 4 is 17.5 Å². The van der Waals surface area contributed by atoms with E-state index in [0.29, 0.717) is 42.6 Å². The van der Waals surface area contributed by atoms with Crippen molar-refractivity contribution in [3.8, 4) is 0 Å². The normalized spacial score (nSPS) is 19.1. The number of methoxy groups -OCH3 is 1. The number of nitrogens with zero attached hydrogens (tertiary/aromatic N) is 2. The van der Waals surface area contributed by atoms with Crippen LogP contribution in [0.1, 0.15) is 91.9 Å². The Labute approximate surface area is 207 Å². The van der Waals surface area contributed by atoms with Crippen LogP contribution in [-0.4, -0.2) is 60.6 Å². The van der Waals surface area contributed by atoms with Gasteiger partial charge in [-0.05, 0) is 62.9 Å². The monoisotopic (exact) mass is 476 g/mol. The van der Waals surface area contributed by atoms with E-state index < -0.39 is 0 Å². The Kier molecular flexibility index (Phi) is 11.1. The molecule has 0 radical (unpaired) electrons. The van der Waals surface area contributed by atoms with Gasteiger partial charge < -0.3 is 14.5 Å². The second kappa shape index (κ2) is 13.3. The highest BCUT2D eigenvalue weighted by molar-refractivity contribution is 5.82. The summed E-state index contributed by atoms with van der Waals surface area (Å²) in [6.45, 7) is 15.7. The van der Waals surface area contributed by atoms with E-state index >= 15 is 0 Å². The number of carbonyl (C=O) groups is 3. The topological polar surface area (TPSA) is 66.9 Å². The zero-order valence-corrected chi connectivity index (χ0v) is 22.4. The number of hydrogen-bond donors (Lipinski definition) is 0. The van der Waals surface area contributed by atoms with Gasteiger partial charge in [-0.15, -0.1) is 0 Å². The van der Waals surface area contributed by atoms with Gasteiger partial charge in [0.1, 0.15) is 11.6 Å². The first-order valence-electron chi connectivity index (χ1n) is 13.4. The minimum absolute atomic E-state index is 0.0923. The molecule has 0 saturated carbocycles. The molecule has 194 valence electrons. The number of ketones is 2. The predicted molar refractivity (Wildman–Crippen MR) is 136 cm³/mol. The average molecular weight is 477 g/mol. The average Bonchev–Trinajstić information content (AvgIpc) is 2.84. The molecule has 0 bridgehead atoms. The Morgan fingerprint density at radius 3 is 1.94 bits per heavy atom. The number of piperidine rings is 2. The number of amides is 1. The van der Waals surface area contributed by atoms with Crippen molar-refractivity contribution in [2.24, 2.45) is 23.2 Å². The number of ether oxygens (including phenoxy) is 1. The lowest BCUT2D eigenvalue weighted by Crippen LogP contribution is -2.40. The highest BCUT2D eigenvalue weighted by atomic mass is 16.5. The molecule has 2 fully saturated rings. The highest BCUT2D eigenvalue weighted by Crippen LogP contribution is 2.34. The summed E-state index contributed by atoms with van der Waals surface area (Å²) in [4.78, 5) is 41.4. The predicted octanol–water partition coefficient (Wildman–Crippen LogP) is 5.22. The molecule has 2 heterocycles. The van der Waals surface area contributed by atoms with Crippen molar-refractivity contribution in [3.05, 3.63) is 12.5 Å². The molecule has 2 saturated heterocycles. The molecular weight excluding hydrogens is 428 g/mol. The SMILES string of the molecule is C=C(OC)N1CCC(C(=O)CCC(C)(C)CC(C)CCC(=O)C2CCN(C(=O)CC)CC2)CC1. The smallest absolute Gasteiger partial charge is 0.222 e. The molecule has 0 aromatic heterocycles. The maximum absolute atomic E-state index is 12.8. The molecule has 2 rings (SSSR count). The van der Waals surface area contributed by atoms with E-state index in [1.54, 1.807) is 7.11 Å². The molecular formula is C28H48N2O4. The summed E-state index contributed by atoms with van der Waals surface area (Å²) in [5.41, 5.74) is 0.0923. The van der Waals surface area contributed by atoms with E-state index in [0.717, 1.165) is 71.1 Å². The minimum atomic E-state index is 0.0923. The zero-order valence-electron chi connectivity index (χ0n) is 22.4. The van der Waals surface area contributed by atoms with Gasteiger partial charge in [0.2, 0.25) is 5.91 Å². The van der Waals surface area contributed by atoms with Gasteiger partial charge in [-0.2, -0.15) is 0 Å². The lowest BCUT2D eigenvalue weighted by atomic mass is 9.76. The molecule has 1 unspecified atom stereocenters. The lowest BCUT2D eigenvalue weighted by molar-refractivity contribution is -0.134. The Balaban J connectivity index is 1.66. The van der Waals surface area contributed by atoms with Crippen LogP contribution in [0.3, 0.4) is 0 Å². The molecule has 0 aromatic carbocycles. The van der Waals surface area contributed by atoms with Gasteiger partial charge >= 0.3 is 0 Å². The molecule has 0 aromatic rings. The molecule has 0 N–H and O–H groups in total. The molecule has 0 spiro atoms. The second-order valence-corrected chi connectivity index (χ2v) is 11.3. The van der Waals surface area contributed by atoms with E-state index in [-0.39, 0.29) is 23.2 Å². The maximum Gasteiger partial charge on any atom is 0.222 e. The van der Waals surface area contributed by atoms with Crippen molar-refractivity contribution in [1.82, 2.24) is 9.80 Å². The first-order chi connectivity index (χ1) is 16.1. The molecule has 2 aliphatic heterocycles. The van der Waals surface area contributed by atoms with Crippen molar-refractivity contribution in [2.45, 2.75) is 91.9 Å². The fourth-order valence-electron chi connectivity index (χ4n) is 5.66. The molecule has 1 atom stereocenters. The maximum atomic E-state index is 12.8. The standard InChI is InChI=1S/C28H48N2O4/c1-7-27(33)30-18-13-23(14-19-30)25(31)9-8-21(2)20-28(4,5)15-10-26(32)24-11-16-29(17-12-24)22(3)34-6/h21,23-24H,3,7-20H2,1-2,4-6H3. The van der Waals surface area contributed by atoms with Crippen LogP contribution in [0.2, 0.25) is 0 Å². The summed E-state index contributed by atoms with van der Waals surface area (Å²) in [6, 6.07) is 0. The van der Waals surface area contributed by atoms with Crippen LogP contribution in [0.4, 0.5) is 0 Å². The Hall–Kier alpha value is -1.85. The summed E-state index contributed by atoms with van der Waals surface area (Å²) >= 11 is 0. The second-order valence-electron chi connectivity index (χ2n) is 11.3. The van der Waals surface area contributed by atoms with E-state index in [1.165, 1.54) is 0 Å². The van der Waals surface area contributed by atoms with Gasteiger partial charge in [-0.25, -0.2) is 0 Å². The molecule has 0 aliphatic carbocycles. The summed E-state index contributed by atoms with van der Waals surface area (Å²) in [7, 11) is 1.64. The molecule has 1 amide bonds. The van der Waals surface area contributed by atoms with Crippen molar-refractivity contribution in [1.29, 1.82) is 0 Å². The number of carbonyl (C=O) groups excluding carboxylic acids is 3. The van der Waals surface area contributed by atoms with E-state index in [9.17, 15) is 14.4 Å². The highest BCUT2D eigenvalue weighted by Gasteiger charge is 2.30. The summed E-state index contributed by atoms with van der Waals surface area (Å²) in [5, 5.41) is 0. The Morgan fingerprint density at radius 1 is 0.941 bits per heavy atom. The first kappa shape index (κ1) is 28.4. The third-order valence-corrected chi connectivity index (χ3v) is 7.98. The number of hydrogen-bond acceptors (Lipinski definition) is 5. The first-order valence-corrected chi connectivity index (χ1v) is 13.4. The van der Waals surface area contributed by atoms with Crippen LogP contribution in [0.25, 0.3) is 0 Å². The summed E-state index contributed by atoms with van der Waals surface area (Å²) in [6.07, 6.45) is 8.04. The molecule has 6 nitrogen and oxygen atoms in total. The summed E-state index contributed by atoms with van der Waals surface area (Å²) < 4.78 is 5.21. The van der Waals surface area contributed by atoms with Gasteiger partial charge in [-0.3, -0.25) is 14.4 Å². The number of Topliss-reactive ketones (excluding diaryl/α,β-unsaturated/α-hetero) is 2. The van der Waals surface area contributed by atoms with Crippen LogP contribution in [0.5, 0.6) is 0 Å². The molecule has 34 heavy (non-hydrogen) atoms. The quantitative estimate of drug-likeness (QED) is 0.341. The number of likely N-dealkylation sites (tertiary alicyclic amines) is 2. The fraction of sp³-hybridized carbons (Fsp3) is 0.821. The van der Waals surface area contributed by atoms with Crippen LogP contribution >= 0.6 is 0 Å². The largest absolute Gasteiger partial charge is 0.483 e. The van der Waals surface area contributed by atoms with Gasteiger partial charge in [0.05, 0.1) is 7.11 Å². The zero-order chi connectivity index (χ0) is 25.3. The summed E-state index contributed by atoms with van der Waals surface area (Å²) in [5.74, 6) is 2.38. The third-order valence-electron chi connectivity index (χ3n) is 7.98. The van der Waals surface area contributed by atoms with E-state index in [2.05, 4.69) is 32.3 Å². The van der Waals surface area contributed by atoms with Crippen molar-refractivity contribution in [2.75, 3.05) is 33.3 Å². The third kappa shape index (κ3) is 8.74. The van der Waals surface area contributed by atoms with Gasteiger partial charge in [0, 0.05) is 57.3 Å². The lowest BCUT2D eigenvalue weighted by Gasteiger charge is -2.34. The van der Waals surface area contributed by atoms with Crippen molar-refractivity contribution < 1.29 is 19.1 Å². The van der Waals surface area contributed by atoms with Crippen LogP contribution in [-0.2, 0) is 19.1 Å². The van der Waals surface area contributed by atoms with Crippen molar-refractivity contribution in [3.63, 3.8) is 0 Å². The van der Waals surface area contributed by atoms with E-state index in [1.807, 2.05) is 11.8 Å². The molecule has 6 heteroatoms. The van der Waals surface area contributed by atoms with Gasteiger partial charge in [0.25, 0.3) is 0 Å². The Bertz CT molecular complexity index is 701. The van der Waals surface area contributed by atoms with Crippen LogP contribution in [0.15, 0.2) is 12.5 Å². The Morgan fingerprint density at radius 2 is 1.44 bits per heavy atom. The number of rotatable bonds is 13. The van der Waals surface area contributed by atoms with Gasteiger partial charge in [0.15, 0.2) is 5.88 Å². The fourth-order valence-corrected chi connectivity index (χ4v) is 5.66. The van der Waals surface area contributed by atoms with Crippen LogP contribution in [0, 0.1) is 23.2 Å². The minimum Gasteiger partial charge on any atom is -0.483 e. The van der Waals surface area contributed by atoms with Crippen LogP contribution < -0.4 is 0 Å². The molecule has 2 aliphatic rings. The van der Waals surface area contributed by atoms with E-state index in [4.69, 9.17) is 4.74 Å².